The van der Waals surface area contributed by atoms with Crippen LogP contribution in [0.4, 0.5) is 0 Å². The molecule has 27 heavy (non-hydrogen) atoms. The number of hydrogen-bond acceptors (Lipinski definition) is 6. The number of thiazole rings is 1. The minimum Gasteiger partial charge on any atom is -0.297 e. The highest BCUT2D eigenvalue weighted by molar-refractivity contribution is 7.15. The van der Waals surface area contributed by atoms with Crippen LogP contribution < -0.4 is 5.56 Å². The van der Waals surface area contributed by atoms with Gasteiger partial charge in [0.2, 0.25) is 0 Å². The number of pyridine rings is 1. The van der Waals surface area contributed by atoms with Gasteiger partial charge < -0.3 is 0 Å². The molecule has 1 saturated heterocycles. The smallest absolute Gasteiger partial charge is 0.266 e. The van der Waals surface area contributed by atoms with E-state index in [9.17, 15) is 4.79 Å². The summed E-state index contributed by atoms with van der Waals surface area (Å²) in [5, 5.41) is 6.58. The van der Waals surface area contributed by atoms with E-state index in [1.54, 1.807) is 40.5 Å². The van der Waals surface area contributed by atoms with Gasteiger partial charge in [0.05, 0.1) is 17.9 Å². The van der Waals surface area contributed by atoms with E-state index in [1.165, 1.54) is 0 Å². The van der Waals surface area contributed by atoms with Crippen LogP contribution in [0.15, 0.2) is 59.2 Å². The summed E-state index contributed by atoms with van der Waals surface area (Å²) in [4.78, 5) is 24.2. The van der Waals surface area contributed by atoms with Crippen molar-refractivity contribution in [2.45, 2.75) is 13.1 Å². The van der Waals surface area contributed by atoms with Crippen molar-refractivity contribution in [3.05, 3.63) is 70.5 Å². The summed E-state index contributed by atoms with van der Waals surface area (Å²) in [6, 6.07) is 7.17. The maximum Gasteiger partial charge on any atom is 0.266 e. The molecule has 0 aliphatic carbocycles. The molecular weight excluding hydrogens is 360 g/mol. The number of imidazole rings is 1. The zero-order valence-corrected chi connectivity index (χ0v) is 15.4. The Labute approximate surface area is 159 Å². The van der Waals surface area contributed by atoms with Gasteiger partial charge >= 0.3 is 0 Å². The third-order valence-electron chi connectivity index (χ3n) is 4.84. The molecule has 136 valence electrons. The molecule has 0 aromatic carbocycles. The first-order chi connectivity index (χ1) is 13.2. The van der Waals surface area contributed by atoms with Crippen LogP contribution in [0.1, 0.15) is 5.69 Å². The van der Waals surface area contributed by atoms with E-state index in [2.05, 4.69) is 30.6 Å². The fraction of sp³-hybridized carbons (Fsp3) is 0.263. The Bertz CT molecular complexity index is 1100. The van der Waals surface area contributed by atoms with Crippen LogP contribution in [-0.4, -0.2) is 42.1 Å². The first kappa shape index (κ1) is 16.3. The number of hydrogen-bond donors (Lipinski definition) is 0. The van der Waals surface area contributed by atoms with Gasteiger partial charge in [0.1, 0.15) is 0 Å². The van der Waals surface area contributed by atoms with E-state index in [0.29, 0.717) is 12.5 Å². The van der Waals surface area contributed by atoms with Crippen molar-refractivity contribution < 1.29 is 0 Å². The molecule has 0 spiro atoms. The van der Waals surface area contributed by atoms with Gasteiger partial charge in [-0.25, -0.2) is 9.67 Å². The Morgan fingerprint density at radius 1 is 1.15 bits per heavy atom. The number of nitrogens with zero attached hydrogens (tertiary/aromatic N) is 6. The highest BCUT2D eigenvalue weighted by atomic mass is 32.1. The minimum atomic E-state index is -0.0550. The lowest BCUT2D eigenvalue weighted by Crippen LogP contribution is -2.48. The van der Waals surface area contributed by atoms with E-state index in [4.69, 9.17) is 0 Å². The second kappa shape index (κ2) is 6.71. The molecule has 5 heterocycles. The Balaban J connectivity index is 1.23. The fourth-order valence-corrected chi connectivity index (χ4v) is 4.22. The monoisotopic (exact) mass is 378 g/mol. The Kier molecular flexibility index (Phi) is 4.06. The molecule has 8 heteroatoms. The van der Waals surface area contributed by atoms with Crippen LogP contribution in [0.25, 0.3) is 16.2 Å². The largest absolute Gasteiger partial charge is 0.297 e. The van der Waals surface area contributed by atoms with Crippen molar-refractivity contribution in [1.82, 2.24) is 29.0 Å². The number of aromatic nitrogens is 5. The lowest BCUT2D eigenvalue weighted by molar-refractivity contribution is 0.0756. The molecule has 0 bridgehead atoms. The summed E-state index contributed by atoms with van der Waals surface area (Å²) >= 11 is 1.65. The zero-order valence-electron chi connectivity index (χ0n) is 14.6. The summed E-state index contributed by atoms with van der Waals surface area (Å²) < 4.78 is 3.65. The average molecular weight is 378 g/mol. The summed E-state index contributed by atoms with van der Waals surface area (Å²) in [6.45, 7) is 3.41. The molecule has 5 rings (SSSR count). The molecular formula is C19H18N6OS. The Morgan fingerprint density at radius 2 is 2.00 bits per heavy atom. The van der Waals surface area contributed by atoms with Crippen molar-refractivity contribution >= 4 is 16.3 Å². The van der Waals surface area contributed by atoms with Crippen molar-refractivity contribution in [3.8, 4) is 11.3 Å². The maximum absolute atomic E-state index is 12.2. The highest BCUT2D eigenvalue weighted by Gasteiger charge is 2.28. The van der Waals surface area contributed by atoms with Gasteiger partial charge in [0, 0.05) is 67.3 Å². The number of rotatable bonds is 5. The minimum absolute atomic E-state index is 0.0550. The fourth-order valence-electron chi connectivity index (χ4n) is 3.50. The van der Waals surface area contributed by atoms with Crippen LogP contribution in [0.3, 0.4) is 0 Å². The van der Waals surface area contributed by atoms with Gasteiger partial charge in [-0.2, -0.15) is 5.10 Å². The maximum atomic E-state index is 12.2. The van der Waals surface area contributed by atoms with Crippen LogP contribution in [0, 0.1) is 5.92 Å². The van der Waals surface area contributed by atoms with Gasteiger partial charge in [-0.15, -0.1) is 11.3 Å². The molecule has 0 amide bonds. The van der Waals surface area contributed by atoms with E-state index < -0.39 is 0 Å². The lowest BCUT2D eigenvalue weighted by Gasteiger charge is -2.38. The van der Waals surface area contributed by atoms with E-state index in [1.807, 2.05) is 23.7 Å². The molecule has 1 aliphatic heterocycles. The number of likely N-dealkylation sites (tertiary alicyclic amines) is 1. The summed E-state index contributed by atoms with van der Waals surface area (Å²) in [6.07, 6.45) is 7.58. The standard InChI is InChI=1S/C19H18N6OS/c26-18-2-1-17(15-3-5-20-6-4-15)22-25(18)11-14-9-23(10-14)12-16-13-24-7-8-27-19(24)21-16/h1-8,13-14H,9-12H2. The topological polar surface area (TPSA) is 68.3 Å². The van der Waals surface area contributed by atoms with E-state index >= 15 is 0 Å². The van der Waals surface area contributed by atoms with Crippen molar-refractivity contribution in [2.24, 2.45) is 5.92 Å². The van der Waals surface area contributed by atoms with Crippen molar-refractivity contribution in [2.75, 3.05) is 13.1 Å². The van der Waals surface area contributed by atoms with Crippen LogP contribution >= 0.6 is 11.3 Å². The quantitative estimate of drug-likeness (QED) is 0.532. The average Bonchev–Trinajstić information content (AvgIpc) is 3.24. The molecule has 4 aromatic rings. The predicted octanol–water partition coefficient (Wildman–Crippen LogP) is 2.15. The van der Waals surface area contributed by atoms with Gasteiger partial charge in [0.15, 0.2) is 4.96 Å². The Morgan fingerprint density at radius 3 is 2.81 bits per heavy atom. The van der Waals surface area contributed by atoms with E-state index in [-0.39, 0.29) is 5.56 Å². The molecule has 0 N–H and O–H groups in total. The molecule has 7 nitrogen and oxygen atoms in total. The molecule has 0 saturated carbocycles. The normalized spacial score (nSPS) is 15.3. The molecule has 0 unspecified atom stereocenters. The van der Waals surface area contributed by atoms with Gasteiger partial charge in [0.25, 0.3) is 5.56 Å². The van der Waals surface area contributed by atoms with Crippen molar-refractivity contribution in [1.29, 1.82) is 0 Å². The second-order valence-electron chi connectivity index (χ2n) is 6.86. The molecule has 0 radical (unpaired) electrons. The third-order valence-corrected chi connectivity index (χ3v) is 5.61. The molecule has 4 aromatic heterocycles. The van der Waals surface area contributed by atoms with Crippen LogP contribution in [0.2, 0.25) is 0 Å². The zero-order chi connectivity index (χ0) is 18.2. The van der Waals surface area contributed by atoms with Gasteiger partial charge in [-0.05, 0) is 18.2 Å². The van der Waals surface area contributed by atoms with E-state index in [0.717, 1.165) is 41.5 Å². The van der Waals surface area contributed by atoms with Crippen LogP contribution in [-0.2, 0) is 13.1 Å². The second-order valence-corrected chi connectivity index (χ2v) is 7.73. The predicted molar refractivity (Wildman–Crippen MR) is 104 cm³/mol. The molecule has 1 aliphatic rings. The lowest BCUT2D eigenvalue weighted by atomic mass is 10.00. The SMILES string of the molecule is O=c1ccc(-c2ccncc2)nn1CC1CN(Cc2cn3ccsc3n2)C1. The third kappa shape index (κ3) is 3.29. The molecule has 1 fully saturated rings. The Hall–Kier alpha value is -2.84. The first-order valence-electron chi connectivity index (χ1n) is 8.86. The highest BCUT2D eigenvalue weighted by Crippen LogP contribution is 2.21. The van der Waals surface area contributed by atoms with Gasteiger partial charge in [-0.1, -0.05) is 0 Å². The summed E-state index contributed by atoms with van der Waals surface area (Å²) in [7, 11) is 0. The summed E-state index contributed by atoms with van der Waals surface area (Å²) in [5.41, 5.74) is 2.80. The molecule has 0 atom stereocenters. The first-order valence-corrected chi connectivity index (χ1v) is 9.74. The van der Waals surface area contributed by atoms with Gasteiger partial charge in [-0.3, -0.25) is 19.1 Å². The number of fused-ring (bicyclic) bond motifs is 1. The summed E-state index contributed by atoms with van der Waals surface area (Å²) in [5.74, 6) is 0.437. The van der Waals surface area contributed by atoms with Crippen LogP contribution in [0.5, 0.6) is 0 Å². The van der Waals surface area contributed by atoms with Crippen molar-refractivity contribution in [3.63, 3.8) is 0 Å².